The number of benzene rings is 3. The molecule has 0 fully saturated rings. The van der Waals surface area contributed by atoms with Crippen molar-refractivity contribution in [1.82, 2.24) is 5.32 Å². The van der Waals surface area contributed by atoms with Crippen LogP contribution in [0.25, 0.3) is 0 Å². The van der Waals surface area contributed by atoms with Gasteiger partial charge in [0.05, 0.1) is 16.6 Å². The monoisotopic (exact) mass is 505 g/mol. The van der Waals surface area contributed by atoms with Crippen LogP contribution in [0.2, 0.25) is 5.02 Å². The van der Waals surface area contributed by atoms with E-state index in [1.54, 1.807) is 12.1 Å². The zero-order valence-electron chi connectivity index (χ0n) is 19.2. The van der Waals surface area contributed by atoms with Crippen LogP contribution in [-0.4, -0.2) is 24.6 Å². The van der Waals surface area contributed by atoms with E-state index < -0.39 is 4.92 Å². The molecule has 0 radical (unpaired) electrons. The van der Waals surface area contributed by atoms with Crippen LogP contribution < -0.4 is 20.1 Å². The van der Waals surface area contributed by atoms with Gasteiger partial charge in [0.15, 0.2) is 11.5 Å². The van der Waals surface area contributed by atoms with Crippen LogP contribution in [0, 0.1) is 17.0 Å². The number of non-ortho nitro benzene ring substituents is 1. The minimum atomic E-state index is -0.411. The molecule has 0 unspecified atom stereocenters. The second kappa shape index (κ2) is 13.6. The Morgan fingerprint density at radius 1 is 0.971 bits per heavy atom. The first-order valence-electron chi connectivity index (χ1n) is 10.8. The smallest absolute Gasteiger partial charge is 0.269 e. The van der Waals surface area contributed by atoms with E-state index in [0.29, 0.717) is 49.4 Å². The summed E-state index contributed by atoms with van der Waals surface area (Å²) in [6.07, 6.45) is 0. The van der Waals surface area contributed by atoms with Gasteiger partial charge in [0.1, 0.15) is 6.61 Å². The van der Waals surface area contributed by atoms with Crippen molar-refractivity contribution in [3.05, 3.63) is 92.5 Å². The molecule has 182 valence electrons. The number of nitrogens with one attached hydrogen (secondary N) is 2. The van der Waals surface area contributed by atoms with Crippen LogP contribution in [0.15, 0.2) is 60.7 Å². The summed E-state index contributed by atoms with van der Waals surface area (Å²) < 4.78 is 11.8. The lowest BCUT2D eigenvalue weighted by Gasteiger charge is -2.16. The summed E-state index contributed by atoms with van der Waals surface area (Å²) in [7, 11) is 0. The predicted octanol–water partition coefficient (Wildman–Crippen LogP) is 6.16. The van der Waals surface area contributed by atoms with Crippen molar-refractivity contribution in [2.75, 3.05) is 25.0 Å². The van der Waals surface area contributed by atoms with E-state index in [1.807, 2.05) is 38.1 Å². The van der Waals surface area contributed by atoms with E-state index in [9.17, 15) is 10.1 Å². The Bertz CT molecular complexity index is 1060. The highest BCUT2D eigenvalue weighted by Crippen LogP contribution is 2.37. The Balaban J connectivity index is 0.00000408. The average molecular weight is 506 g/mol. The van der Waals surface area contributed by atoms with Gasteiger partial charge >= 0.3 is 0 Å². The van der Waals surface area contributed by atoms with Gasteiger partial charge < -0.3 is 20.1 Å². The number of hydrogen-bond donors (Lipinski definition) is 2. The molecule has 34 heavy (non-hydrogen) atoms. The number of hydrogen-bond acceptors (Lipinski definition) is 6. The first kappa shape index (κ1) is 27.2. The van der Waals surface area contributed by atoms with Crippen molar-refractivity contribution < 1.29 is 14.4 Å². The van der Waals surface area contributed by atoms with Crippen molar-refractivity contribution >= 4 is 35.4 Å². The number of nitro benzene ring substituents is 1. The van der Waals surface area contributed by atoms with Crippen LogP contribution in [0.5, 0.6) is 11.5 Å². The van der Waals surface area contributed by atoms with Crippen molar-refractivity contribution in [2.24, 2.45) is 0 Å². The normalized spacial score (nSPS) is 10.3. The fraction of sp³-hybridized carbons (Fsp3) is 0.280. The maximum atomic E-state index is 10.7. The van der Waals surface area contributed by atoms with Crippen LogP contribution in [0.1, 0.15) is 23.6 Å². The fourth-order valence-corrected chi connectivity index (χ4v) is 3.48. The van der Waals surface area contributed by atoms with E-state index in [2.05, 4.69) is 22.8 Å². The molecule has 3 aromatic carbocycles. The van der Waals surface area contributed by atoms with Gasteiger partial charge in [-0.15, -0.1) is 12.4 Å². The van der Waals surface area contributed by atoms with Gasteiger partial charge in [0.2, 0.25) is 0 Å². The summed E-state index contributed by atoms with van der Waals surface area (Å²) in [5, 5.41) is 17.8. The second-order valence-corrected chi connectivity index (χ2v) is 7.93. The highest BCUT2D eigenvalue weighted by atomic mass is 35.5. The number of nitrogens with zero attached hydrogens (tertiary/aromatic N) is 1. The number of aryl methyl sites for hydroxylation is 1. The van der Waals surface area contributed by atoms with Crippen LogP contribution in [0.4, 0.5) is 11.4 Å². The third-order valence-corrected chi connectivity index (χ3v) is 5.19. The van der Waals surface area contributed by atoms with Gasteiger partial charge in [-0.25, -0.2) is 0 Å². The minimum absolute atomic E-state index is 0. The van der Waals surface area contributed by atoms with Crippen molar-refractivity contribution in [3.63, 3.8) is 0 Å². The molecule has 0 saturated heterocycles. The lowest BCUT2D eigenvalue weighted by molar-refractivity contribution is -0.384. The molecule has 0 aromatic heterocycles. The summed E-state index contributed by atoms with van der Waals surface area (Å²) in [4.78, 5) is 10.3. The molecule has 0 heterocycles. The zero-order chi connectivity index (χ0) is 23.6. The standard InChI is InChI=1S/C25H28ClN3O4.ClH/c1-3-32-24-15-20(14-23(26)25(24)33-17-19-6-4-18(2)5-7-19)16-27-12-13-28-21-8-10-22(11-9-21)29(30)31;/h4-11,14-15,27-28H,3,12-13,16-17H2,1-2H3;1H. The quantitative estimate of drug-likeness (QED) is 0.174. The number of rotatable bonds is 12. The molecule has 0 atom stereocenters. The van der Waals surface area contributed by atoms with Crippen LogP contribution in [0.3, 0.4) is 0 Å². The Morgan fingerprint density at radius 2 is 1.68 bits per heavy atom. The molecule has 3 rings (SSSR count). The van der Waals surface area contributed by atoms with Gasteiger partial charge in [0.25, 0.3) is 5.69 Å². The summed E-state index contributed by atoms with van der Waals surface area (Å²) in [6.45, 7) is 6.87. The SMILES string of the molecule is CCOc1cc(CNCCNc2ccc([N+](=O)[O-])cc2)cc(Cl)c1OCc1ccc(C)cc1.Cl. The second-order valence-electron chi connectivity index (χ2n) is 7.52. The molecule has 0 amide bonds. The Kier molecular flexibility index (Phi) is 10.9. The topological polar surface area (TPSA) is 85.7 Å². The molecule has 0 bridgehead atoms. The average Bonchev–Trinajstić information content (AvgIpc) is 2.80. The molecule has 0 saturated carbocycles. The number of ether oxygens (including phenoxy) is 2. The largest absolute Gasteiger partial charge is 0.490 e. The van der Waals surface area contributed by atoms with Crippen molar-refractivity contribution in [3.8, 4) is 11.5 Å². The number of nitro groups is 1. The molecule has 0 aliphatic carbocycles. The molecule has 3 aromatic rings. The predicted molar refractivity (Wildman–Crippen MR) is 139 cm³/mol. The number of anilines is 1. The minimum Gasteiger partial charge on any atom is -0.490 e. The molecular formula is C25H29Cl2N3O4. The molecule has 0 aliphatic heterocycles. The van der Waals surface area contributed by atoms with E-state index >= 15 is 0 Å². The van der Waals surface area contributed by atoms with Crippen LogP contribution in [-0.2, 0) is 13.2 Å². The third-order valence-electron chi connectivity index (χ3n) is 4.91. The van der Waals surface area contributed by atoms with E-state index in [0.717, 1.165) is 16.8 Å². The zero-order valence-corrected chi connectivity index (χ0v) is 20.7. The molecule has 7 nitrogen and oxygen atoms in total. The fourth-order valence-electron chi connectivity index (χ4n) is 3.20. The van der Waals surface area contributed by atoms with E-state index in [1.165, 1.54) is 17.7 Å². The van der Waals surface area contributed by atoms with Crippen LogP contribution >= 0.6 is 24.0 Å². The molecule has 9 heteroatoms. The number of halogens is 2. The van der Waals surface area contributed by atoms with Gasteiger partial charge in [-0.2, -0.15) is 0 Å². The Hall–Kier alpha value is -3.00. The lowest BCUT2D eigenvalue weighted by Crippen LogP contribution is -2.21. The van der Waals surface area contributed by atoms with Gasteiger partial charge in [-0.1, -0.05) is 41.4 Å². The highest BCUT2D eigenvalue weighted by molar-refractivity contribution is 6.32. The first-order valence-corrected chi connectivity index (χ1v) is 11.2. The van der Waals surface area contributed by atoms with Crippen molar-refractivity contribution in [2.45, 2.75) is 27.0 Å². The van der Waals surface area contributed by atoms with Gasteiger partial charge in [0, 0.05) is 37.5 Å². The maximum absolute atomic E-state index is 10.7. The summed E-state index contributed by atoms with van der Waals surface area (Å²) in [5.74, 6) is 1.17. The summed E-state index contributed by atoms with van der Waals surface area (Å²) in [6, 6.07) is 18.3. The molecule has 2 N–H and O–H groups in total. The third kappa shape index (κ3) is 8.09. The van der Waals surface area contributed by atoms with E-state index in [4.69, 9.17) is 21.1 Å². The maximum Gasteiger partial charge on any atom is 0.269 e. The summed E-state index contributed by atoms with van der Waals surface area (Å²) in [5.41, 5.74) is 4.16. The lowest BCUT2D eigenvalue weighted by atomic mass is 10.1. The highest BCUT2D eigenvalue weighted by Gasteiger charge is 2.13. The molecule has 0 spiro atoms. The Labute approximate surface area is 211 Å². The van der Waals surface area contributed by atoms with Crippen molar-refractivity contribution in [1.29, 1.82) is 0 Å². The summed E-state index contributed by atoms with van der Waals surface area (Å²) >= 11 is 6.52. The van der Waals surface area contributed by atoms with E-state index in [-0.39, 0.29) is 18.1 Å². The molecular weight excluding hydrogens is 477 g/mol. The first-order chi connectivity index (χ1) is 16.0. The van der Waals surface area contributed by atoms with Gasteiger partial charge in [-0.05, 0) is 49.2 Å². The molecule has 0 aliphatic rings. The van der Waals surface area contributed by atoms with Gasteiger partial charge in [-0.3, -0.25) is 10.1 Å². The Morgan fingerprint density at radius 3 is 2.32 bits per heavy atom.